The van der Waals surface area contributed by atoms with Crippen molar-refractivity contribution >= 4 is 21.9 Å². The van der Waals surface area contributed by atoms with Gasteiger partial charge in [-0.15, -0.1) is 0 Å². The topological polar surface area (TPSA) is 120 Å². The predicted molar refractivity (Wildman–Crippen MR) is 114 cm³/mol. The first-order valence-electron chi connectivity index (χ1n) is 9.39. The van der Waals surface area contributed by atoms with Gasteiger partial charge in [-0.3, -0.25) is 10.1 Å². The summed E-state index contributed by atoms with van der Waals surface area (Å²) in [5, 5.41) is 15.3. The second-order valence-electron chi connectivity index (χ2n) is 6.53. The van der Waals surface area contributed by atoms with Crippen molar-refractivity contribution in [2.24, 2.45) is 5.10 Å². The number of benzene rings is 2. The zero-order chi connectivity index (χ0) is 22.3. The van der Waals surface area contributed by atoms with Gasteiger partial charge in [-0.05, 0) is 44.9 Å². The van der Waals surface area contributed by atoms with Crippen LogP contribution in [-0.4, -0.2) is 32.8 Å². The van der Waals surface area contributed by atoms with Crippen LogP contribution < -0.4 is 14.3 Å². The van der Waals surface area contributed by atoms with Gasteiger partial charge in [0.15, 0.2) is 5.75 Å². The molecular weight excluding hydrogens is 410 g/mol. The van der Waals surface area contributed by atoms with Crippen LogP contribution in [0.3, 0.4) is 0 Å². The number of hydrogen-bond donors (Lipinski definition) is 1. The Balaban J connectivity index is 2.34. The number of nitro benzene ring substituents is 1. The third-order valence-corrected chi connectivity index (χ3v) is 5.39. The summed E-state index contributed by atoms with van der Waals surface area (Å²) in [7, 11) is -3.88. The molecule has 0 amide bonds. The van der Waals surface area contributed by atoms with Crippen molar-refractivity contribution in [2.75, 3.05) is 13.2 Å². The summed E-state index contributed by atoms with van der Waals surface area (Å²) in [4.78, 5) is 13.2. The Labute approximate surface area is 175 Å². The standard InChI is InChI=1S/C20H25N3O6S/c1-5-9-29-20-17(23(24)25)11-16(12-18(20)28-6-2)13-21-22-30(26,27)19-8-7-14(3)10-15(19)4/h7-8,10-13,22H,5-6,9H2,1-4H3/b21-13+. The molecule has 0 fully saturated rings. The van der Waals surface area contributed by atoms with Crippen LogP contribution in [0.5, 0.6) is 11.5 Å². The average Bonchev–Trinajstić information content (AvgIpc) is 2.66. The number of nitrogens with zero attached hydrogens (tertiary/aromatic N) is 2. The third-order valence-electron chi connectivity index (χ3n) is 4.01. The van der Waals surface area contributed by atoms with E-state index in [4.69, 9.17) is 9.47 Å². The van der Waals surface area contributed by atoms with Gasteiger partial charge in [0.1, 0.15) is 0 Å². The highest BCUT2D eigenvalue weighted by molar-refractivity contribution is 7.89. The Kier molecular flexibility index (Phi) is 7.76. The summed E-state index contributed by atoms with van der Waals surface area (Å²) in [6, 6.07) is 7.71. The number of sulfonamides is 1. The maximum Gasteiger partial charge on any atom is 0.315 e. The van der Waals surface area contributed by atoms with Crippen molar-refractivity contribution in [3.63, 3.8) is 0 Å². The molecule has 0 aliphatic carbocycles. The van der Waals surface area contributed by atoms with Crippen LogP contribution in [0.1, 0.15) is 37.0 Å². The molecule has 0 heterocycles. The number of nitro groups is 1. The van der Waals surface area contributed by atoms with Crippen LogP contribution in [0.4, 0.5) is 5.69 Å². The highest BCUT2D eigenvalue weighted by Crippen LogP contribution is 2.38. The van der Waals surface area contributed by atoms with Gasteiger partial charge in [-0.25, -0.2) is 4.83 Å². The first kappa shape index (κ1) is 23.1. The molecule has 0 spiro atoms. The predicted octanol–water partition coefficient (Wildman–Crippen LogP) is 3.71. The molecule has 0 saturated heterocycles. The Morgan fingerprint density at radius 2 is 1.90 bits per heavy atom. The molecule has 0 unspecified atom stereocenters. The van der Waals surface area contributed by atoms with E-state index in [9.17, 15) is 18.5 Å². The molecule has 2 rings (SSSR count). The number of aryl methyl sites for hydroxylation is 2. The lowest BCUT2D eigenvalue weighted by molar-refractivity contribution is -0.386. The SMILES string of the molecule is CCCOc1c(OCC)cc(/C=N/NS(=O)(=O)c2ccc(C)cc2C)cc1[N+](=O)[O-]. The largest absolute Gasteiger partial charge is 0.490 e. The number of rotatable bonds is 10. The maximum absolute atomic E-state index is 12.5. The molecule has 0 aliphatic heterocycles. The molecular formula is C20H25N3O6S. The smallest absolute Gasteiger partial charge is 0.315 e. The lowest BCUT2D eigenvalue weighted by atomic mass is 10.2. The minimum Gasteiger partial charge on any atom is -0.490 e. The van der Waals surface area contributed by atoms with Gasteiger partial charge in [0.2, 0.25) is 5.75 Å². The van der Waals surface area contributed by atoms with Gasteiger partial charge >= 0.3 is 5.69 Å². The van der Waals surface area contributed by atoms with Gasteiger partial charge in [0, 0.05) is 11.6 Å². The van der Waals surface area contributed by atoms with Crippen molar-refractivity contribution in [3.8, 4) is 11.5 Å². The monoisotopic (exact) mass is 435 g/mol. The summed E-state index contributed by atoms with van der Waals surface area (Å²) in [6.07, 6.45) is 1.85. The molecule has 2 aromatic rings. The molecule has 10 heteroatoms. The van der Waals surface area contributed by atoms with E-state index in [-0.39, 0.29) is 34.3 Å². The summed E-state index contributed by atoms with van der Waals surface area (Å²) in [5.74, 6) is 0.232. The van der Waals surface area contributed by atoms with Gasteiger partial charge in [0.25, 0.3) is 10.0 Å². The van der Waals surface area contributed by atoms with Crippen LogP contribution in [0.15, 0.2) is 40.3 Å². The van der Waals surface area contributed by atoms with E-state index in [1.807, 2.05) is 13.8 Å². The lowest BCUT2D eigenvalue weighted by Gasteiger charge is -2.12. The average molecular weight is 436 g/mol. The molecule has 1 N–H and O–H groups in total. The van der Waals surface area contributed by atoms with Crippen molar-refractivity contribution in [2.45, 2.75) is 39.0 Å². The second-order valence-corrected chi connectivity index (χ2v) is 8.16. The number of hydrazone groups is 1. The van der Waals surface area contributed by atoms with E-state index >= 15 is 0 Å². The maximum atomic E-state index is 12.5. The highest BCUT2D eigenvalue weighted by atomic mass is 32.2. The van der Waals surface area contributed by atoms with Gasteiger partial charge in [-0.2, -0.15) is 13.5 Å². The van der Waals surface area contributed by atoms with Crippen LogP contribution in [-0.2, 0) is 10.0 Å². The fraction of sp³-hybridized carbons (Fsp3) is 0.350. The normalized spacial score (nSPS) is 11.5. The van der Waals surface area contributed by atoms with Crippen LogP contribution >= 0.6 is 0 Å². The van der Waals surface area contributed by atoms with Crippen molar-refractivity contribution in [3.05, 3.63) is 57.1 Å². The van der Waals surface area contributed by atoms with E-state index < -0.39 is 14.9 Å². The summed E-state index contributed by atoms with van der Waals surface area (Å²) in [5.41, 5.74) is 1.53. The minimum atomic E-state index is -3.88. The van der Waals surface area contributed by atoms with E-state index in [2.05, 4.69) is 9.93 Å². The molecule has 0 aliphatic rings. The van der Waals surface area contributed by atoms with Crippen molar-refractivity contribution in [1.29, 1.82) is 0 Å². The van der Waals surface area contributed by atoms with Gasteiger partial charge < -0.3 is 9.47 Å². The Bertz CT molecular complexity index is 1050. The molecule has 0 aromatic heterocycles. The first-order chi connectivity index (χ1) is 14.2. The number of nitrogens with one attached hydrogen (secondary N) is 1. The van der Waals surface area contributed by atoms with Crippen molar-refractivity contribution in [1.82, 2.24) is 4.83 Å². The lowest BCUT2D eigenvalue weighted by Crippen LogP contribution is -2.19. The number of hydrogen-bond acceptors (Lipinski definition) is 7. The zero-order valence-corrected chi connectivity index (χ0v) is 18.2. The molecule has 0 atom stereocenters. The quantitative estimate of drug-likeness (QED) is 0.345. The van der Waals surface area contributed by atoms with Crippen LogP contribution in [0.2, 0.25) is 0 Å². The van der Waals surface area contributed by atoms with E-state index in [1.54, 1.807) is 26.0 Å². The Morgan fingerprint density at radius 3 is 2.50 bits per heavy atom. The fourth-order valence-electron chi connectivity index (χ4n) is 2.75. The van der Waals surface area contributed by atoms with E-state index in [1.165, 1.54) is 24.4 Å². The third kappa shape index (κ3) is 5.69. The van der Waals surface area contributed by atoms with Crippen LogP contribution in [0.25, 0.3) is 0 Å². The molecule has 162 valence electrons. The van der Waals surface area contributed by atoms with Crippen molar-refractivity contribution < 1.29 is 22.8 Å². The molecule has 0 radical (unpaired) electrons. The Morgan fingerprint density at radius 1 is 1.17 bits per heavy atom. The Hall–Kier alpha value is -3.14. The second kappa shape index (κ2) is 10.1. The van der Waals surface area contributed by atoms with Crippen LogP contribution in [0, 0.1) is 24.0 Å². The zero-order valence-electron chi connectivity index (χ0n) is 17.3. The molecule has 9 nitrogen and oxygen atoms in total. The summed E-state index contributed by atoms with van der Waals surface area (Å²) in [6.45, 7) is 7.76. The molecule has 2 aromatic carbocycles. The van der Waals surface area contributed by atoms with Gasteiger partial charge in [-0.1, -0.05) is 24.6 Å². The molecule has 0 saturated carbocycles. The first-order valence-corrected chi connectivity index (χ1v) is 10.9. The minimum absolute atomic E-state index is 0.0386. The fourth-order valence-corrected chi connectivity index (χ4v) is 3.77. The summed E-state index contributed by atoms with van der Waals surface area (Å²) < 4.78 is 36.0. The van der Waals surface area contributed by atoms with Gasteiger partial charge in [0.05, 0.1) is 29.2 Å². The number of ether oxygens (including phenoxy) is 2. The molecule has 0 bridgehead atoms. The molecule has 30 heavy (non-hydrogen) atoms. The van der Waals surface area contributed by atoms with E-state index in [0.29, 0.717) is 18.6 Å². The highest BCUT2D eigenvalue weighted by Gasteiger charge is 2.22. The van der Waals surface area contributed by atoms with E-state index in [0.717, 1.165) is 5.56 Å². The summed E-state index contributed by atoms with van der Waals surface area (Å²) >= 11 is 0.